The molecule has 1 aromatic carbocycles. The molecule has 6 heteroatoms. The molecule has 1 saturated heterocycles. The maximum Gasteiger partial charge on any atom is 0.496 e. The van der Waals surface area contributed by atoms with E-state index >= 15 is 0 Å². The van der Waals surface area contributed by atoms with Gasteiger partial charge in [-0.2, -0.15) is 0 Å². The zero-order valence-corrected chi connectivity index (χ0v) is 16.3. The minimum absolute atomic E-state index is 0.0187. The Morgan fingerprint density at radius 3 is 2.12 bits per heavy atom. The molecule has 3 rings (SSSR count). The number of pyridine rings is 1. The van der Waals surface area contributed by atoms with E-state index in [4.69, 9.17) is 9.31 Å². The van der Waals surface area contributed by atoms with Gasteiger partial charge in [-0.05, 0) is 65.3 Å². The lowest BCUT2D eigenvalue weighted by Crippen LogP contribution is -2.41. The van der Waals surface area contributed by atoms with Gasteiger partial charge in [0.1, 0.15) is 11.6 Å². The third kappa shape index (κ3) is 3.62. The van der Waals surface area contributed by atoms with E-state index in [2.05, 4.69) is 10.3 Å². The minimum atomic E-state index is -0.420. The first-order valence-electron chi connectivity index (χ1n) is 8.94. The number of hydrogen-bond donors (Lipinski definition) is 1. The molecule has 1 unspecified atom stereocenters. The van der Waals surface area contributed by atoms with Crippen molar-refractivity contribution in [2.24, 2.45) is 0 Å². The van der Waals surface area contributed by atoms with Crippen LogP contribution in [0.15, 0.2) is 36.4 Å². The number of hydrogen-bond acceptors (Lipinski definition) is 4. The zero-order valence-electron chi connectivity index (χ0n) is 16.3. The van der Waals surface area contributed by atoms with Crippen LogP contribution < -0.4 is 10.8 Å². The summed E-state index contributed by atoms with van der Waals surface area (Å²) >= 11 is 0. The predicted molar refractivity (Wildman–Crippen MR) is 103 cm³/mol. The number of anilines is 1. The molecule has 0 radical (unpaired) electrons. The molecule has 26 heavy (non-hydrogen) atoms. The number of benzene rings is 1. The number of aromatic nitrogens is 1. The van der Waals surface area contributed by atoms with Crippen molar-refractivity contribution in [3.63, 3.8) is 0 Å². The average molecular weight is 356 g/mol. The van der Waals surface area contributed by atoms with E-state index in [0.29, 0.717) is 0 Å². The lowest BCUT2D eigenvalue weighted by atomic mass is 9.78. The summed E-state index contributed by atoms with van der Waals surface area (Å²) in [5.74, 6) is 0.529. The largest absolute Gasteiger partial charge is 0.496 e. The smallest absolute Gasteiger partial charge is 0.399 e. The highest BCUT2D eigenvalue weighted by Gasteiger charge is 2.52. The van der Waals surface area contributed by atoms with Crippen molar-refractivity contribution in [1.82, 2.24) is 4.98 Å². The monoisotopic (exact) mass is 356 g/mol. The van der Waals surface area contributed by atoms with Crippen LogP contribution in [0, 0.1) is 12.7 Å². The number of halogens is 1. The Labute approximate surface area is 155 Å². The summed E-state index contributed by atoms with van der Waals surface area (Å²) < 4.78 is 25.3. The van der Waals surface area contributed by atoms with E-state index in [1.807, 2.05) is 53.7 Å². The Balaban J connectivity index is 1.75. The molecule has 4 nitrogen and oxygen atoms in total. The average Bonchev–Trinajstić information content (AvgIpc) is 2.75. The van der Waals surface area contributed by atoms with Crippen LogP contribution in [0.4, 0.5) is 10.2 Å². The van der Waals surface area contributed by atoms with Gasteiger partial charge < -0.3 is 14.6 Å². The maximum atomic E-state index is 13.1. The van der Waals surface area contributed by atoms with E-state index in [0.717, 1.165) is 22.5 Å². The molecule has 1 N–H and O–H groups in total. The van der Waals surface area contributed by atoms with E-state index < -0.39 is 7.12 Å². The predicted octanol–water partition coefficient (Wildman–Crippen LogP) is 4.00. The van der Waals surface area contributed by atoms with Gasteiger partial charge >= 0.3 is 7.12 Å². The van der Waals surface area contributed by atoms with Gasteiger partial charge in [0.15, 0.2) is 0 Å². The van der Waals surface area contributed by atoms with Gasteiger partial charge in [-0.3, -0.25) is 0 Å². The number of nitrogens with one attached hydrogen (secondary N) is 1. The second-order valence-corrected chi connectivity index (χ2v) is 7.88. The second kappa shape index (κ2) is 6.67. The minimum Gasteiger partial charge on any atom is -0.399 e. The van der Waals surface area contributed by atoms with Crippen LogP contribution >= 0.6 is 0 Å². The zero-order chi connectivity index (χ0) is 19.1. The fourth-order valence-corrected chi connectivity index (χ4v) is 2.93. The molecule has 0 bridgehead atoms. The molecule has 0 aliphatic carbocycles. The molecule has 0 spiro atoms. The topological polar surface area (TPSA) is 43.4 Å². The van der Waals surface area contributed by atoms with E-state index in [1.165, 1.54) is 12.1 Å². The van der Waals surface area contributed by atoms with Crippen LogP contribution in [0.3, 0.4) is 0 Å². The SMILES string of the molecule is Cc1nc(NC(C)c2ccc(F)cc2)ccc1B1OC(C)(C)C(C)(C)O1. The fraction of sp³-hybridized carbons (Fsp3) is 0.450. The van der Waals surface area contributed by atoms with E-state index in [1.54, 1.807) is 12.1 Å². The van der Waals surface area contributed by atoms with Crippen LogP contribution in [-0.4, -0.2) is 23.3 Å². The van der Waals surface area contributed by atoms with Crippen LogP contribution in [0.1, 0.15) is 51.9 Å². The molecule has 2 aromatic rings. The van der Waals surface area contributed by atoms with Gasteiger partial charge in [0.05, 0.1) is 11.2 Å². The highest BCUT2D eigenvalue weighted by atomic mass is 19.1. The molecule has 1 aromatic heterocycles. The summed E-state index contributed by atoms with van der Waals surface area (Å²) in [4.78, 5) is 4.65. The van der Waals surface area contributed by atoms with Gasteiger partial charge in [0, 0.05) is 17.2 Å². The quantitative estimate of drug-likeness (QED) is 0.841. The Morgan fingerprint density at radius 2 is 1.58 bits per heavy atom. The Kier molecular flexibility index (Phi) is 4.84. The standard InChI is InChI=1S/C20H26BFN2O2/c1-13(15-7-9-16(22)10-8-15)23-18-12-11-17(14(2)24-18)21-25-19(3,4)20(5,6)26-21/h7-13H,1-6H3,(H,23,24). The summed E-state index contributed by atoms with van der Waals surface area (Å²) in [5, 5.41) is 3.35. The first-order chi connectivity index (χ1) is 12.1. The first kappa shape index (κ1) is 18.9. The van der Waals surface area contributed by atoms with Gasteiger partial charge in [-0.25, -0.2) is 9.37 Å². The molecular weight excluding hydrogens is 330 g/mol. The van der Waals surface area contributed by atoms with Crippen molar-refractivity contribution in [2.45, 2.75) is 58.8 Å². The molecule has 1 atom stereocenters. The third-order valence-corrected chi connectivity index (χ3v) is 5.37. The fourth-order valence-electron chi connectivity index (χ4n) is 2.93. The van der Waals surface area contributed by atoms with E-state index in [-0.39, 0.29) is 23.1 Å². The Morgan fingerprint density at radius 1 is 1.00 bits per heavy atom. The van der Waals surface area contributed by atoms with Crippen molar-refractivity contribution in [3.05, 3.63) is 53.5 Å². The van der Waals surface area contributed by atoms with Gasteiger partial charge in [-0.1, -0.05) is 18.2 Å². The maximum absolute atomic E-state index is 13.1. The van der Waals surface area contributed by atoms with Gasteiger partial charge in [0.25, 0.3) is 0 Å². The van der Waals surface area contributed by atoms with Gasteiger partial charge in [-0.15, -0.1) is 0 Å². The van der Waals surface area contributed by atoms with Crippen molar-refractivity contribution >= 4 is 18.4 Å². The highest BCUT2D eigenvalue weighted by Crippen LogP contribution is 2.36. The van der Waals surface area contributed by atoms with Crippen molar-refractivity contribution < 1.29 is 13.7 Å². The van der Waals surface area contributed by atoms with Crippen LogP contribution in [-0.2, 0) is 9.31 Å². The Bertz CT molecular complexity index is 777. The third-order valence-electron chi connectivity index (χ3n) is 5.37. The summed E-state index contributed by atoms with van der Waals surface area (Å²) in [6.45, 7) is 12.1. The molecule has 1 fully saturated rings. The lowest BCUT2D eigenvalue weighted by Gasteiger charge is -2.32. The molecule has 0 amide bonds. The van der Waals surface area contributed by atoms with E-state index in [9.17, 15) is 4.39 Å². The lowest BCUT2D eigenvalue weighted by molar-refractivity contribution is 0.00578. The summed E-state index contributed by atoms with van der Waals surface area (Å²) in [7, 11) is -0.420. The normalized spacial score (nSPS) is 19.4. The molecule has 1 aliphatic heterocycles. The van der Waals surface area contributed by atoms with Crippen LogP contribution in [0.5, 0.6) is 0 Å². The van der Waals surface area contributed by atoms with Crippen molar-refractivity contribution in [1.29, 1.82) is 0 Å². The number of aryl methyl sites for hydroxylation is 1. The summed E-state index contributed by atoms with van der Waals surface area (Å²) in [5.41, 5.74) is 2.04. The first-order valence-corrected chi connectivity index (χ1v) is 8.94. The summed E-state index contributed by atoms with van der Waals surface area (Å²) in [6.07, 6.45) is 0. The van der Waals surface area contributed by atoms with Crippen LogP contribution in [0.2, 0.25) is 0 Å². The Hall–Kier alpha value is -1.92. The molecule has 1 aliphatic rings. The van der Waals surface area contributed by atoms with Crippen molar-refractivity contribution in [3.8, 4) is 0 Å². The molecule has 0 saturated carbocycles. The van der Waals surface area contributed by atoms with Crippen molar-refractivity contribution in [2.75, 3.05) is 5.32 Å². The van der Waals surface area contributed by atoms with Gasteiger partial charge in [0.2, 0.25) is 0 Å². The second-order valence-electron chi connectivity index (χ2n) is 7.88. The molecule has 138 valence electrons. The molecule has 2 heterocycles. The number of nitrogens with zero attached hydrogens (tertiary/aromatic N) is 1. The number of rotatable bonds is 4. The molecular formula is C20H26BFN2O2. The highest BCUT2D eigenvalue weighted by molar-refractivity contribution is 6.62. The summed E-state index contributed by atoms with van der Waals surface area (Å²) in [6, 6.07) is 10.4. The van der Waals surface area contributed by atoms with Crippen LogP contribution in [0.25, 0.3) is 0 Å².